The van der Waals surface area contributed by atoms with Gasteiger partial charge in [-0.15, -0.1) is 0 Å². The molecule has 3 heteroatoms. The number of aliphatic hydroxyl groups excluding tert-OH is 2. The molecule has 0 radical (unpaired) electrons. The van der Waals surface area contributed by atoms with Gasteiger partial charge in [0.1, 0.15) is 0 Å². The Bertz CT molecular complexity index is 740. The van der Waals surface area contributed by atoms with Gasteiger partial charge < -0.3 is 14.9 Å². The van der Waals surface area contributed by atoms with Crippen molar-refractivity contribution in [2.45, 2.75) is 94.0 Å². The van der Waals surface area contributed by atoms with Gasteiger partial charge in [0.15, 0.2) is 0 Å². The molecule has 0 aromatic carbocycles. The average molecular weight is 405 g/mol. The summed E-state index contributed by atoms with van der Waals surface area (Å²) < 4.78 is 6.01. The van der Waals surface area contributed by atoms with Crippen molar-refractivity contribution in [1.82, 2.24) is 0 Å². The largest absolute Gasteiger partial charge is 0.392 e. The van der Waals surface area contributed by atoms with Crippen LogP contribution in [0.5, 0.6) is 0 Å². The Morgan fingerprint density at radius 2 is 1.48 bits per heavy atom. The molecule has 1 saturated heterocycles. The zero-order chi connectivity index (χ0) is 21.9. The number of fused-ring (bicyclic) bond motifs is 5. The van der Waals surface area contributed by atoms with Crippen LogP contribution in [-0.2, 0) is 4.74 Å². The maximum Gasteiger partial charge on any atom is 0.0789 e. The van der Waals surface area contributed by atoms with E-state index in [-0.39, 0.29) is 33.7 Å². The Morgan fingerprint density at radius 3 is 2.00 bits per heavy atom. The highest BCUT2D eigenvalue weighted by atomic mass is 16.5. The molecule has 2 N–H and O–H groups in total. The number of hydrogen-bond donors (Lipinski definition) is 2. The normalized spacial score (nSPS) is 59.2. The topological polar surface area (TPSA) is 49.7 Å². The summed E-state index contributed by atoms with van der Waals surface area (Å²) in [7, 11) is 0. The Labute approximate surface area is 178 Å². The third-order valence-electron chi connectivity index (χ3n) is 11.9. The average Bonchev–Trinajstić information content (AvgIpc) is 2.65. The van der Waals surface area contributed by atoms with Crippen molar-refractivity contribution in [3.63, 3.8) is 0 Å². The van der Waals surface area contributed by atoms with Gasteiger partial charge in [0.05, 0.1) is 24.9 Å². The highest BCUT2D eigenvalue weighted by Crippen LogP contribution is 2.72. The molecule has 3 aliphatic carbocycles. The third kappa shape index (κ3) is 2.21. The second kappa shape index (κ2) is 6.11. The first-order valence-electron chi connectivity index (χ1n) is 11.9. The summed E-state index contributed by atoms with van der Waals surface area (Å²) in [5.41, 5.74) is 2.27. The molecule has 2 bridgehead atoms. The molecular formula is C26H44O3. The molecule has 0 spiro atoms. The van der Waals surface area contributed by atoms with E-state index in [9.17, 15) is 10.2 Å². The summed E-state index contributed by atoms with van der Waals surface area (Å²) in [6.45, 7) is 24.3. The minimum absolute atomic E-state index is 0.00212. The molecule has 8 unspecified atom stereocenters. The van der Waals surface area contributed by atoms with Crippen molar-refractivity contribution >= 4 is 0 Å². The molecule has 0 aromatic heterocycles. The van der Waals surface area contributed by atoms with Crippen LogP contribution in [0.2, 0.25) is 0 Å². The van der Waals surface area contributed by atoms with Crippen LogP contribution in [0.4, 0.5) is 0 Å². The number of rotatable bonds is 0. The van der Waals surface area contributed by atoms with Crippen LogP contribution in [0.15, 0.2) is 11.1 Å². The van der Waals surface area contributed by atoms with E-state index in [0.29, 0.717) is 30.1 Å². The van der Waals surface area contributed by atoms with Gasteiger partial charge in [-0.25, -0.2) is 0 Å². The van der Waals surface area contributed by atoms with Crippen molar-refractivity contribution in [1.29, 1.82) is 0 Å². The predicted octanol–water partition coefficient (Wildman–Crippen LogP) is 5.06. The zero-order valence-corrected chi connectivity index (χ0v) is 20.3. The molecule has 0 aromatic rings. The second-order valence-corrected chi connectivity index (χ2v) is 12.5. The minimum atomic E-state index is -0.518. The SMILES string of the molecule is CC1=C2C(O)C(C)C3(C)C(O)C[C@H]4OC[C@@]4(C)C3C(C)[C@](C)(C(C)C1C)C2(C)C. The predicted molar refractivity (Wildman–Crippen MR) is 117 cm³/mol. The lowest BCUT2D eigenvalue weighted by Gasteiger charge is -2.72. The molecule has 29 heavy (non-hydrogen) atoms. The van der Waals surface area contributed by atoms with E-state index in [1.165, 1.54) is 11.1 Å². The van der Waals surface area contributed by atoms with Crippen LogP contribution in [0.3, 0.4) is 0 Å². The third-order valence-corrected chi connectivity index (χ3v) is 11.9. The molecule has 11 atom stereocenters. The van der Waals surface area contributed by atoms with Crippen molar-refractivity contribution in [3.05, 3.63) is 11.1 Å². The van der Waals surface area contributed by atoms with Crippen LogP contribution in [0.1, 0.15) is 75.7 Å². The highest BCUT2D eigenvalue weighted by molar-refractivity contribution is 5.36. The molecule has 1 heterocycles. The van der Waals surface area contributed by atoms with E-state index < -0.39 is 12.2 Å². The van der Waals surface area contributed by atoms with Gasteiger partial charge in [-0.3, -0.25) is 0 Å². The van der Waals surface area contributed by atoms with Gasteiger partial charge in [0.25, 0.3) is 0 Å². The molecule has 4 rings (SSSR count). The Kier molecular flexibility index (Phi) is 4.60. The van der Waals surface area contributed by atoms with E-state index in [1.807, 2.05) is 0 Å². The van der Waals surface area contributed by atoms with Gasteiger partial charge >= 0.3 is 0 Å². The lowest BCUT2D eigenvalue weighted by molar-refractivity contribution is -0.316. The molecule has 4 aliphatic rings. The lowest BCUT2D eigenvalue weighted by Crippen LogP contribution is -2.73. The molecule has 1 aliphatic heterocycles. The van der Waals surface area contributed by atoms with E-state index in [4.69, 9.17) is 4.74 Å². The van der Waals surface area contributed by atoms with E-state index >= 15 is 0 Å². The van der Waals surface area contributed by atoms with E-state index in [2.05, 4.69) is 69.2 Å². The van der Waals surface area contributed by atoms with Gasteiger partial charge in [0, 0.05) is 17.3 Å². The number of allylic oxidation sites excluding steroid dienone is 1. The molecular weight excluding hydrogens is 360 g/mol. The standard InChI is InChI=1S/C26H44O3/c1-13-14(2)20-21(28)16(4)25(9)18(27)11-19-24(8,12-29-19)22(25)17(5)26(10,15(13)3)23(20,6)7/h13,15-19,21-22,27-28H,11-12H2,1-10H3/t13?,15?,16?,17?,18?,19-,21?,22?,24-,25?,26+/m1/s1. The van der Waals surface area contributed by atoms with Crippen LogP contribution in [-0.4, -0.2) is 35.1 Å². The van der Waals surface area contributed by atoms with Gasteiger partial charge in [-0.1, -0.05) is 67.9 Å². The van der Waals surface area contributed by atoms with Gasteiger partial charge in [0.2, 0.25) is 0 Å². The Hall–Kier alpha value is -0.380. The van der Waals surface area contributed by atoms with Crippen molar-refractivity contribution < 1.29 is 14.9 Å². The number of ether oxygens (including phenoxy) is 1. The van der Waals surface area contributed by atoms with E-state index in [1.54, 1.807) is 0 Å². The minimum Gasteiger partial charge on any atom is -0.392 e. The van der Waals surface area contributed by atoms with Gasteiger partial charge in [-0.05, 0) is 52.9 Å². The van der Waals surface area contributed by atoms with Crippen molar-refractivity contribution in [2.75, 3.05) is 6.61 Å². The lowest BCUT2D eigenvalue weighted by atomic mass is 9.35. The first-order chi connectivity index (χ1) is 13.2. The maximum atomic E-state index is 11.9. The monoisotopic (exact) mass is 404 g/mol. The Balaban J connectivity index is 2.03. The summed E-state index contributed by atoms with van der Waals surface area (Å²) in [6.07, 6.45) is -0.133. The summed E-state index contributed by atoms with van der Waals surface area (Å²) in [5.74, 6) is 1.66. The number of aliphatic hydroxyl groups is 2. The first kappa shape index (κ1) is 21.8. The summed E-state index contributed by atoms with van der Waals surface area (Å²) in [4.78, 5) is 0. The van der Waals surface area contributed by atoms with Crippen LogP contribution >= 0.6 is 0 Å². The summed E-state index contributed by atoms with van der Waals surface area (Å²) in [5, 5.41) is 23.4. The molecule has 3 fully saturated rings. The Morgan fingerprint density at radius 1 is 0.897 bits per heavy atom. The second-order valence-electron chi connectivity index (χ2n) is 12.5. The maximum absolute atomic E-state index is 11.9. The quantitative estimate of drug-likeness (QED) is 0.555. The molecule has 0 amide bonds. The van der Waals surface area contributed by atoms with E-state index in [0.717, 1.165) is 6.61 Å². The van der Waals surface area contributed by atoms with Crippen LogP contribution in [0.25, 0.3) is 0 Å². The fourth-order valence-electron chi connectivity index (χ4n) is 9.18. The zero-order valence-electron chi connectivity index (χ0n) is 20.3. The molecule has 3 nitrogen and oxygen atoms in total. The fourth-order valence-corrected chi connectivity index (χ4v) is 9.18. The molecule has 166 valence electrons. The van der Waals surface area contributed by atoms with Gasteiger partial charge in [-0.2, -0.15) is 0 Å². The summed E-state index contributed by atoms with van der Waals surface area (Å²) in [6, 6.07) is 0. The van der Waals surface area contributed by atoms with Crippen molar-refractivity contribution in [2.24, 2.45) is 51.2 Å². The first-order valence-corrected chi connectivity index (χ1v) is 11.9. The van der Waals surface area contributed by atoms with Crippen LogP contribution < -0.4 is 0 Å². The number of hydrogen-bond acceptors (Lipinski definition) is 3. The highest BCUT2D eigenvalue weighted by Gasteiger charge is 2.71. The smallest absolute Gasteiger partial charge is 0.0789 e. The van der Waals surface area contributed by atoms with Crippen molar-refractivity contribution in [3.8, 4) is 0 Å². The van der Waals surface area contributed by atoms with Crippen LogP contribution in [0, 0.1) is 51.2 Å². The summed E-state index contributed by atoms with van der Waals surface area (Å²) >= 11 is 0. The fraction of sp³-hybridized carbons (Fsp3) is 0.923. The molecule has 2 saturated carbocycles.